The van der Waals surface area contributed by atoms with Crippen molar-refractivity contribution >= 4 is 33.4 Å². The maximum Gasteiger partial charge on any atom is 0.291 e. The molecule has 0 unspecified atom stereocenters. The summed E-state index contributed by atoms with van der Waals surface area (Å²) in [4.78, 5) is 27.3. The summed E-state index contributed by atoms with van der Waals surface area (Å²) >= 11 is 3.14. The number of furan rings is 1. The summed E-state index contributed by atoms with van der Waals surface area (Å²) in [7, 11) is 1.59. The van der Waals surface area contributed by atoms with Gasteiger partial charge in [-0.3, -0.25) is 14.6 Å². The second kappa shape index (κ2) is 7.03. The number of hydrogen-bond acceptors (Lipinski definition) is 4. The van der Waals surface area contributed by atoms with Crippen LogP contribution in [-0.2, 0) is 11.2 Å². The number of carbonyl (C=O) groups is 2. The predicted molar refractivity (Wildman–Crippen MR) is 81.0 cm³/mol. The highest BCUT2D eigenvalue weighted by atomic mass is 79.9. The molecule has 6 nitrogen and oxygen atoms in total. The SMILES string of the molecule is CNC(=O)CCc1cc(NC(=O)c2ccc(Br)o2)ccn1. The first-order valence-electron chi connectivity index (χ1n) is 6.30. The molecular weight excluding hydrogens is 338 g/mol. The number of carbonyl (C=O) groups excluding carboxylic acids is 2. The largest absolute Gasteiger partial charge is 0.444 e. The quantitative estimate of drug-likeness (QED) is 0.865. The van der Waals surface area contributed by atoms with Crippen molar-refractivity contribution in [3.63, 3.8) is 0 Å². The van der Waals surface area contributed by atoms with Crippen molar-refractivity contribution in [3.05, 3.63) is 46.6 Å². The van der Waals surface area contributed by atoms with Gasteiger partial charge in [0, 0.05) is 31.0 Å². The number of aromatic nitrogens is 1. The second-order valence-corrected chi connectivity index (χ2v) is 5.05. The fourth-order valence-corrected chi connectivity index (χ4v) is 1.99. The van der Waals surface area contributed by atoms with Crippen LogP contribution in [-0.4, -0.2) is 23.8 Å². The molecule has 0 atom stereocenters. The molecule has 0 spiro atoms. The molecule has 0 aliphatic rings. The molecule has 0 radical (unpaired) electrons. The van der Waals surface area contributed by atoms with Gasteiger partial charge in [-0.1, -0.05) is 0 Å². The van der Waals surface area contributed by atoms with Gasteiger partial charge in [0.05, 0.1) is 0 Å². The van der Waals surface area contributed by atoms with Crippen LogP contribution in [0.3, 0.4) is 0 Å². The number of nitrogens with zero attached hydrogens (tertiary/aromatic N) is 1. The van der Waals surface area contributed by atoms with Crippen LogP contribution < -0.4 is 10.6 Å². The van der Waals surface area contributed by atoms with Crippen LogP contribution in [0.5, 0.6) is 0 Å². The molecule has 7 heteroatoms. The highest BCUT2D eigenvalue weighted by molar-refractivity contribution is 9.10. The van der Waals surface area contributed by atoms with E-state index in [1.54, 1.807) is 37.5 Å². The van der Waals surface area contributed by atoms with E-state index in [-0.39, 0.29) is 17.6 Å². The van der Waals surface area contributed by atoms with E-state index in [1.807, 2.05) is 0 Å². The van der Waals surface area contributed by atoms with E-state index in [9.17, 15) is 9.59 Å². The van der Waals surface area contributed by atoms with Crippen molar-refractivity contribution < 1.29 is 14.0 Å². The summed E-state index contributed by atoms with van der Waals surface area (Å²) in [6, 6.07) is 6.64. The summed E-state index contributed by atoms with van der Waals surface area (Å²) < 4.78 is 5.67. The fraction of sp³-hybridized carbons (Fsp3) is 0.214. The molecule has 0 saturated carbocycles. The van der Waals surface area contributed by atoms with Crippen molar-refractivity contribution in [2.45, 2.75) is 12.8 Å². The average molecular weight is 352 g/mol. The van der Waals surface area contributed by atoms with E-state index >= 15 is 0 Å². The molecule has 0 fully saturated rings. The van der Waals surface area contributed by atoms with Crippen molar-refractivity contribution in [2.75, 3.05) is 12.4 Å². The second-order valence-electron chi connectivity index (χ2n) is 4.27. The van der Waals surface area contributed by atoms with Gasteiger partial charge >= 0.3 is 0 Å². The number of halogens is 1. The topological polar surface area (TPSA) is 84.2 Å². The summed E-state index contributed by atoms with van der Waals surface area (Å²) in [5.41, 5.74) is 1.34. The molecule has 2 amide bonds. The first kappa shape index (κ1) is 15.2. The standard InChI is InChI=1S/C14H14BrN3O3/c1-16-13(19)5-2-9-8-10(6-7-17-9)18-14(20)11-3-4-12(15)21-11/h3-4,6-8H,2,5H2,1H3,(H,16,19)(H,17,18,20). The minimum absolute atomic E-state index is 0.0494. The summed E-state index contributed by atoms with van der Waals surface area (Å²) in [6.45, 7) is 0. The first-order chi connectivity index (χ1) is 10.1. The van der Waals surface area contributed by atoms with Crippen LogP contribution >= 0.6 is 15.9 Å². The minimum atomic E-state index is -0.343. The van der Waals surface area contributed by atoms with Gasteiger partial charge in [0.15, 0.2) is 10.4 Å². The minimum Gasteiger partial charge on any atom is -0.444 e. The van der Waals surface area contributed by atoms with Crippen molar-refractivity contribution in [3.8, 4) is 0 Å². The Balaban J connectivity index is 2.00. The highest BCUT2D eigenvalue weighted by Gasteiger charge is 2.11. The number of anilines is 1. The molecule has 0 aliphatic heterocycles. The number of amides is 2. The lowest BCUT2D eigenvalue weighted by molar-refractivity contribution is -0.120. The maximum atomic E-state index is 11.9. The molecule has 21 heavy (non-hydrogen) atoms. The molecule has 2 aromatic heterocycles. The van der Waals surface area contributed by atoms with Gasteiger partial charge in [0.25, 0.3) is 5.91 Å². The zero-order valence-electron chi connectivity index (χ0n) is 11.4. The third kappa shape index (κ3) is 4.42. The monoisotopic (exact) mass is 351 g/mol. The Morgan fingerprint density at radius 1 is 1.33 bits per heavy atom. The van der Waals surface area contributed by atoms with Gasteiger partial charge in [-0.05, 0) is 46.6 Å². The van der Waals surface area contributed by atoms with Gasteiger partial charge < -0.3 is 15.1 Å². The normalized spacial score (nSPS) is 10.2. The van der Waals surface area contributed by atoms with Crippen LogP contribution in [0.25, 0.3) is 0 Å². The van der Waals surface area contributed by atoms with Crippen molar-refractivity contribution in [2.24, 2.45) is 0 Å². The van der Waals surface area contributed by atoms with Crippen LogP contribution in [0, 0.1) is 0 Å². The number of pyridine rings is 1. The van der Waals surface area contributed by atoms with Crippen LogP contribution in [0.2, 0.25) is 0 Å². The third-order valence-corrected chi connectivity index (χ3v) is 3.18. The van der Waals surface area contributed by atoms with Crippen LogP contribution in [0.15, 0.2) is 39.5 Å². The first-order valence-corrected chi connectivity index (χ1v) is 7.10. The predicted octanol–water partition coefficient (Wildman–Crippen LogP) is 2.37. The van der Waals surface area contributed by atoms with E-state index in [0.717, 1.165) is 5.69 Å². The van der Waals surface area contributed by atoms with Crippen LogP contribution in [0.1, 0.15) is 22.7 Å². The fourth-order valence-electron chi connectivity index (χ4n) is 1.69. The van der Waals surface area contributed by atoms with E-state index in [0.29, 0.717) is 23.2 Å². The van der Waals surface area contributed by atoms with Crippen molar-refractivity contribution in [1.82, 2.24) is 10.3 Å². The van der Waals surface area contributed by atoms with Gasteiger partial charge in [-0.2, -0.15) is 0 Å². The molecule has 2 aromatic rings. The lowest BCUT2D eigenvalue weighted by Gasteiger charge is -2.05. The lowest BCUT2D eigenvalue weighted by atomic mass is 10.2. The Morgan fingerprint density at radius 3 is 2.81 bits per heavy atom. The Bertz CT molecular complexity index is 654. The van der Waals surface area contributed by atoms with Gasteiger partial charge in [-0.15, -0.1) is 0 Å². The van der Waals surface area contributed by atoms with E-state index in [4.69, 9.17) is 4.42 Å². The Hall–Kier alpha value is -2.15. The summed E-state index contributed by atoms with van der Waals surface area (Å²) in [6.07, 6.45) is 2.45. The van der Waals surface area contributed by atoms with E-state index < -0.39 is 0 Å². The molecule has 0 saturated heterocycles. The molecule has 0 bridgehead atoms. The number of hydrogen-bond donors (Lipinski definition) is 2. The molecule has 2 N–H and O–H groups in total. The number of aryl methyl sites for hydroxylation is 1. The van der Waals surface area contributed by atoms with Gasteiger partial charge in [-0.25, -0.2) is 0 Å². The highest BCUT2D eigenvalue weighted by Crippen LogP contribution is 2.16. The molecule has 2 heterocycles. The molecule has 0 aliphatic carbocycles. The number of rotatable bonds is 5. The Kier molecular flexibility index (Phi) is 5.10. The summed E-state index contributed by atoms with van der Waals surface area (Å²) in [5.74, 6) is -0.179. The molecular formula is C14H14BrN3O3. The lowest BCUT2D eigenvalue weighted by Crippen LogP contribution is -2.18. The third-order valence-electron chi connectivity index (χ3n) is 2.76. The van der Waals surface area contributed by atoms with E-state index in [2.05, 4.69) is 31.5 Å². The van der Waals surface area contributed by atoms with E-state index in [1.165, 1.54) is 0 Å². The Labute approximate surface area is 130 Å². The van der Waals surface area contributed by atoms with Gasteiger partial charge in [0.1, 0.15) is 0 Å². The van der Waals surface area contributed by atoms with Gasteiger partial charge in [0.2, 0.25) is 5.91 Å². The van der Waals surface area contributed by atoms with Crippen molar-refractivity contribution in [1.29, 1.82) is 0 Å². The number of nitrogens with one attached hydrogen (secondary N) is 2. The average Bonchev–Trinajstić information content (AvgIpc) is 2.92. The molecule has 110 valence electrons. The summed E-state index contributed by atoms with van der Waals surface area (Å²) in [5, 5.41) is 5.27. The Morgan fingerprint density at radius 2 is 2.14 bits per heavy atom. The maximum absolute atomic E-state index is 11.9. The zero-order chi connectivity index (χ0) is 15.2. The zero-order valence-corrected chi connectivity index (χ0v) is 12.9. The smallest absolute Gasteiger partial charge is 0.291 e. The molecule has 2 rings (SSSR count). The van der Waals surface area contributed by atoms with Crippen LogP contribution in [0.4, 0.5) is 5.69 Å². The molecule has 0 aromatic carbocycles.